The molecule has 6 aromatic carbocycles. The van der Waals surface area contributed by atoms with Gasteiger partial charge < -0.3 is 5.11 Å². The third kappa shape index (κ3) is 8.61. The molecule has 8 rings (SSSR count). The van der Waals surface area contributed by atoms with Crippen LogP contribution in [0.15, 0.2) is 140 Å². The fourth-order valence-electron chi connectivity index (χ4n) is 8.44. The van der Waals surface area contributed by atoms with Crippen LogP contribution in [0.1, 0.15) is 115 Å². The van der Waals surface area contributed by atoms with Crippen molar-refractivity contribution in [2.45, 2.75) is 112 Å². The zero-order valence-corrected chi connectivity index (χ0v) is 39.1. The summed E-state index contributed by atoms with van der Waals surface area (Å²) in [6, 6.07) is 45.5. The molecule has 4 nitrogen and oxygen atoms in total. The van der Waals surface area contributed by atoms with Gasteiger partial charge in [-0.2, -0.15) is 0 Å². The Kier molecular flexibility index (Phi) is 9.94. The van der Waals surface area contributed by atoms with Crippen LogP contribution in [0.3, 0.4) is 0 Å². The summed E-state index contributed by atoms with van der Waals surface area (Å²) in [7, 11) is 0. The Balaban J connectivity index is 1.43. The van der Waals surface area contributed by atoms with Crippen LogP contribution in [0.2, 0.25) is 0 Å². The van der Waals surface area contributed by atoms with Gasteiger partial charge in [0.05, 0.1) is 28.0 Å². The van der Waals surface area contributed by atoms with Crippen LogP contribution in [0.4, 0.5) is 0 Å². The van der Waals surface area contributed by atoms with Gasteiger partial charge in [-0.05, 0) is 116 Å². The molecule has 320 valence electrons. The van der Waals surface area contributed by atoms with Gasteiger partial charge in [0, 0.05) is 32.6 Å². The largest absolute Gasteiger partial charge is 0.507 e. The fraction of sp³-hybridized carbons (Fsp3) is 0.288. The van der Waals surface area contributed by atoms with Gasteiger partial charge in [-0.25, -0.2) is 4.98 Å². The number of pyridine rings is 1. The van der Waals surface area contributed by atoms with Gasteiger partial charge in [0.25, 0.3) is 0 Å². The lowest BCUT2D eigenvalue weighted by molar-refractivity contribution is 0.446. The average molecular weight is 833 g/mol. The van der Waals surface area contributed by atoms with Gasteiger partial charge in [-0.3, -0.25) is 9.55 Å². The molecule has 0 fully saturated rings. The number of fused-ring (bicyclic) bond motifs is 1. The normalized spacial score (nSPS) is 13.5. The topological polar surface area (TPSA) is 50.9 Å². The SMILES string of the molecule is [2H]C([2H])([2H])c1ccc(-n2c(-c3cc(C(C)(C)C)cc(C(C)(C)C)c3O)nc3c(-c4cc(-c5cc(-c6ccc(C(C)(C)C)cc6)ccn5)cc(C(C)(C)C)c4)cccc32)c(-c2ccccc2)c1. The minimum absolute atomic E-state index is 0.0614. The van der Waals surface area contributed by atoms with E-state index in [1.54, 1.807) is 12.1 Å². The molecule has 0 amide bonds. The summed E-state index contributed by atoms with van der Waals surface area (Å²) in [5.41, 5.74) is 14.4. The molecule has 4 heteroatoms. The highest BCUT2D eigenvalue weighted by Gasteiger charge is 2.29. The lowest BCUT2D eigenvalue weighted by Crippen LogP contribution is -2.17. The van der Waals surface area contributed by atoms with Crippen molar-refractivity contribution < 1.29 is 9.22 Å². The molecule has 0 bridgehead atoms. The second kappa shape index (κ2) is 15.8. The van der Waals surface area contributed by atoms with Crippen LogP contribution >= 0.6 is 0 Å². The number of aromatic hydroxyl groups is 1. The maximum atomic E-state index is 12.5. The molecule has 0 radical (unpaired) electrons. The number of hydrogen-bond donors (Lipinski definition) is 1. The van der Waals surface area contributed by atoms with Crippen LogP contribution < -0.4 is 0 Å². The molecule has 1 N–H and O–H groups in total. The second-order valence-corrected chi connectivity index (χ2v) is 21.3. The molecule has 0 aliphatic rings. The van der Waals surface area contributed by atoms with Crippen molar-refractivity contribution in [2.75, 3.05) is 0 Å². The summed E-state index contributed by atoms with van der Waals surface area (Å²) >= 11 is 0. The van der Waals surface area contributed by atoms with Crippen molar-refractivity contribution in [3.63, 3.8) is 0 Å². The highest BCUT2D eigenvalue weighted by Crippen LogP contribution is 2.46. The van der Waals surface area contributed by atoms with Crippen molar-refractivity contribution in [3.05, 3.63) is 167 Å². The van der Waals surface area contributed by atoms with Crippen molar-refractivity contribution in [1.29, 1.82) is 0 Å². The third-order valence-electron chi connectivity index (χ3n) is 12.3. The summed E-state index contributed by atoms with van der Waals surface area (Å²) in [5.74, 6) is 0.731. The predicted octanol–water partition coefficient (Wildman–Crippen LogP) is 16.0. The molecule has 0 atom stereocenters. The number of benzene rings is 6. The first-order valence-corrected chi connectivity index (χ1v) is 22.1. The van der Waals surface area contributed by atoms with E-state index < -0.39 is 6.85 Å². The van der Waals surface area contributed by atoms with E-state index in [1.807, 2.05) is 42.6 Å². The van der Waals surface area contributed by atoms with Gasteiger partial charge in [0.15, 0.2) is 0 Å². The number of phenols is 1. The Hall–Kier alpha value is -6.26. The number of para-hydroxylation sites is 1. The number of nitrogens with zero attached hydrogens (tertiary/aromatic N) is 3. The van der Waals surface area contributed by atoms with E-state index in [2.05, 4.69) is 173 Å². The molecule has 0 aliphatic heterocycles. The second-order valence-electron chi connectivity index (χ2n) is 21.3. The first kappa shape index (κ1) is 39.6. The van der Waals surface area contributed by atoms with Crippen LogP contribution in [0, 0.1) is 6.85 Å². The summed E-state index contributed by atoms with van der Waals surface area (Å²) < 4.78 is 27.3. The Morgan fingerprint density at radius 2 is 1.16 bits per heavy atom. The molecule has 0 saturated carbocycles. The van der Waals surface area contributed by atoms with Crippen LogP contribution in [0.5, 0.6) is 5.75 Å². The number of aromatic nitrogens is 3. The molecule has 0 unspecified atom stereocenters. The van der Waals surface area contributed by atoms with E-state index in [0.29, 0.717) is 11.4 Å². The Morgan fingerprint density at radius 3 is 1.81 bits per heavy atom. The first-order valence-electron chi connectivity index (χ1n) is 23.6. The monoisotopic (exact) mass is 833 g/mol. The van der Waals surface area contributed by atoms with Crippen LogP contribution in [-0.4, -0.2) is 19.6 Å². The number of hydrogen-bond acceptors (Lipinski definition) is 3. The highest BCUT2D eigenvalue weighted by atomic mass is 16.3. The molecule has 0 saturated heterocycles. The highest BCUT2D eigenvalue weighted by molar-refractivity contribution is 5.98. The lowest BCUT2D eigenvalue weighted by atomic mass is 9.79. The summed E-state index contributed by atoms with van der Waals surface area (Å²) in [6.45, 7) is 24.0. The van der Waals surface area contributed by atoms with Crippen molar-refractivity contribution in [3.8, 4) is 67.5 Å². The van der Waals surface area contributed by atoms with Gasteiger partial charge in [0.2, 0.25) is 0 Å². The fourth-order valence-corrected chi connectivity index (χ4v) is 8.44. The third-order valence-corrected chi connectivity index (χ3v) is 12.3. The van der Waals surface area contributed by atoms with Crippen LogP contribution in [-0.2, 0) is 21.7 Å². The van der Waals surface area contributed by atoms with E-state index in [4.69, 9.17) is 14.1 Å². The van der Waals surface area contributed by atoms with Crippen LogP contribution in [0.25, 0.3) is 72.7 Å². The van der Waals surface area contributed by atoms with Crippen molar-refractivity contribution in [2.24, 2.45) is 0 Å². The van der Waals surface area contributed by atoms with Crippen molar-refractivity contribution in [1.82, 2.24) is 14.5 Å². The maximum Gasteiger partial charge on any atom is 0.149 e. The van der Waals surface area contributed by atoms with E-state index in [-0.39, 0.29) is 33.0 Å². The standard InChI is InChI=1S/C59H63N3O/c1-37-22-27-51(47(30-37)39-18-15-14-16-19-39)62-52-21-17-20-46(53(52)61-55(62)48-35-45(58(8,9)10)36-49(54(48)63)59(11,12)13)41-31-42(33-44(32-41)57(5,6)7)50-34-40(28-29-60-50)38-23-25-43(26-24-38)56(2,3)4/h14-36,63H,1-13H3/i1D3. The molecule has 0 spiro atoms. The van der Waals surface area contributed by atoms with Gasteiger partial charge in [-0.1, -0.05) is 174 Å². The number of rotatable bonds is 6. The van der Waals surface area contributed by atoms with E-state index in [0.717, 1.165) is 78.0 Å². The lowest BCUT2D eigenvalue weighted by Gasteiger charge is -2.27. The maximum absolute atomic E-state index is 12.5. The smallest absolute Gasteiger partial charge is 0.149 e. The Bertz CT molecular complexity index is 3090. The number of imidazole rings is 1. The minimum Gasteiger partial charge on any atom is -0.507 e. The number of phenolic OH excluding ortho intramolecular Hbond substituents is 1. The Morgan fingerprint density at radius 1 is 0.492 bits per heavy atom. The predicted molar refractivity (Wildman–Crippen MR) is 267 cm³/mol. The van der Waals surface area contributed by atoms with Gasteiger partial charge in [0.1, 0.15) is 11.6 Å². The summed E-state index contributed by atoms with van der Waals surface area (Å²) in [5, 5.41) is 12.5. The van der Waals surface area contributed by atoms with Crippen molar-refractivity contribution >= 4 is 11.0 Å². The molecular weight excluding hydrogens is 767 g/mol. The van der Waals surface area contributed by atoms with Gasteiger partial charge >= 0.3 is 0 Å². The minimum atomic E-state index is -2.32. The molecule has 63 heavy (non-hydrogen) atoms. The zero-order chi connectivity index (χ0) is 47.7. The average Bonchev–Trinajstić information content (AvgIpc) is 3.64. The Labute approximate surface area is 380 Å². The quantitative estimate of drug-likeness (QED) is 0.182. The van der Waals surface area contributed by atoms with E-state index in [1.165, 1.54) is 5.56 Å². The molecule has 0 aliphatic carbocycles. The molecule has 8 aromatic rings. The summed E-state index contributed by atoms with van der Waals surface area (Å²) in [4.78, 5) is 10.5. The van der Waals surface area contributed by atoms with E-state index >= 15 is 0 Å². The molecule has 2 heterocycles. The zero-order valence-electron chi connectivity index (χ0n) is 42.1. The molecular formula is C59H63N3O. The first-order chi connectivity index (χ1) is 30.8. The number of aryl methyl sites for hydroxylation is 1. The van der Waals surface area contributed by atoms with E-state index in [9.17, 15) is 5.11 Å². The molecule has 2 aromatic heterocycles. The summed E-state index contributed by atoms with van der Waals surface area (Å²) in [6.07, 6.45) is 1.90. The van der Waals surface area contributed by atoms with Gasteiger partial charge in [-0.15, -0.1) is 0 Å².